The Balaban J connectivity index is 0. The first-order valence-electron chi connectivity index (χ1n) is 5.40. The number of halogens is 1. The van der Waals surface area contributed by atoms with E-state index >= 15 is 0 Å². The van der Waals surface area contributed by atoms with E-state index in [0.29, 0.717) is 5.96 Å². The van der Waals surface area contributed by atoms with Gasteiger partial charge in [-0.05, 0) is 27.7 Å². The Bertz CT molecular complexity index is 349. The van der Waals surface area contributed by atoms with E-state index in [1.807, 2.05) is 18.7 Å². The predicted octanol–water partition coefficient (Wildman–Crippen LogP) is 1.08. The van der Waals surface area contributed by atoms with E-state index in [1.54, 1.807) is 13.8 Å². The highest BCUT2D eigenvalue weighted by atomic mass is 127. The Morgan fingerprint density at radius 1 is 1.29 bits per heavy atom. The van der Waals surface area contributed by atoms with Crippen LogP contribution in [-0.2, 0) is 9.84 Å². The fourth-order valence-electron chi connectivity index (χ4n) is 1.04. The van der Waals surface area contributed by atoms with Crippen molar-refractivity contribution in [1.29, 1.82) is 0 Å². The zero-order valence-electron chi connectivity index (χ0n) is 11.2. The number of guanidine groups is 1. The molecule has 0 heterocycles. The van der Waals surface area contributed by atoms with Crippen molar-refractivity contribution in [2.24, 2.45) is 10.7 Å². The molecule has 0 rings (SSSR count). The summed E-state index contributed by atoms with van der Waals surface area (Å²) in [5.41, 5.74) is 5.77. The van der Waals surface area contributed by atoms with Crippen LogP contribution in [0.3, 0.4) is 0 Å². The highest BCUT2D eigenvalue weighted by Crippen LogP contribution is 2.15. The highest BCUT2D eigenvalue weighted by molar-refractivity contribution is 14.0. The fourth-order valence-corrected chi connectivity index (χ4v) is 1.34. The van der Waals surface area contributed by atoms with Crippen LogP contribution in [0.4, 0.5) is 0 Å². The Morgan fingerprint density at radius 3 is 2.00 bits per heavy atom. The molecular weight excluding hydrogens is 353 g/mol. The summed E-state index contributed by atoms with van der Waals surface area (Å²) in [4.78, 5) is 6.03. The summed E-state index contributed by atoms with van der Waals surface area (Å²) in [7, 11) is -3.12. The lowest BCUT2D eigenvalue weighted by Crippen LogP contribution is -2.40. The molecule has 0 spiro atoms. The molecule has 0 aromatic rings. The van der Waals surface area contributed by atoms with Gasteiger partial charge in [-0.3, -0.25) is 4.99 Å². The second kappa shape index (κ2) is 7.40. The van der Waals surface area contributed by atoms with E-state index in [1.165, 1.54) is 6.26 Å². The van der Waals surface area contributed by atoms with Gasteiger partial charge in [0.2, 0.25) is 0 Å². The standard InChI is InChI=1S/C10H23N3O2S.HI/c1-6-13(7-2)9(11)12-8-10(3,4)16(5,14)15;/h6-8H2,1-5H3,(H2,11,12);1H. The van der Waals surface area contributed by atoms with Gasteiger partial charge in [-0.15, -0.1) is 24.0 Å². The molecule has 5 nitrogen and oxygen atoms in total. The molecule has 0 aliphatic carbocycles. The first kappa shape index (κ1) is 19.3. The molecule has 0 bridgehead atoms. The monoisotopic (exact) mass is 377 g/mol. The molecule has 0 aromatic carbocycles. The Hall–Kier alpha value is -0.0500. The molecular formula is C10H24IN3O2S. The molecule has 0 atom stereocenters. The van der Waals surface area contributed by atoms with Crippen molar-refractivity contribution < 1.29 is 8.42 Å². The van der Waals surface area contributed by atoms with Gasteiger partial charge in [0.1, 0.15) is 0 Å². The topological polar surface area (TPSA) is 75.8 Å². The Kier molecular flexibility index (Phi) is 8.40. The van der Waals surface area contributed by atoms with Gasteiger partial charge in [-0.1, -0.05) is 0 Å². The van der Waals surface area contributed by atoms with Crippen molar-refractivity contribution in [2.45, 2.75) is 32.4 Å². The van der Waals surface area contributed by atoms with E-state index in [4.69, 9.17) is 5.73 Å². The van der Waals surface area contributed by atoms with Gasteiger partial charge in [-0.2, -0.15) is 0 Å². The quantitative estimate of drug-likeness (QED) is 0.442. The maximum absolute atomic E-state index is 11.5. The molecule has 7 heteroatoms. The summed E-state index contributed by atoms with van der Waals surface area (Å²) in [6, 6.07) is 0. The molecule has 0 aliphatic rings. The second-order valence-corrected chi connectivity index (χ2v) is 7.03. The van der Waals surface area contributed by atoms with Crippen LogP contribution in [0.15, 0.2) is 4.99 Å². The SMILES string of the molecule is CCN(CC)C(N)=NCC(C)(C)S(C)(=O)=O.I. The minimum atomic E-state index is -3.12. The third kappa shape index (κ3) is 5.89. The minimum Gasteiger partial charge on any atom is -0.370 e. The molecule has 0 fully saturated rings. The number of nitrogens with zero attached hydrogens (tertiary/aromatic N) is 2. The van der Waals surface area contributed by atoms with Crippen molar-refractivity contribution in [2.75, 3.05) is 25.9 Å². The van der Waals surface area contributed by atoms with Crippen molar-refractivity contribution in [3.05, 3.63) is 0 Å². The van der Waals surface area contributed by atoms with Crippen LogP contribution < -0.4 is 5.73 Å². The van der Waals surface area contributed by atoms with Gasteiger partial charge >= 0.3 is 0 Å². The van der Waals surface area contributed by atoms with Crippen molar-refractivity contribution in [1.82, 2.24) is 4.90 Å². The van der Waals surface area contributed by atoms with E-state index < -0.39 is 14.6 Å². The number of rotatable bonds is 5. The zero-order valence-corrected chi connectivity index (χ0v) is 14.4. The van der Waals surface area contributed by atoms with Crippen LogP contribution >= 0.6 is 24.0 Å². The normalized spacial score (nSPS) is 13.1. The summed E-state index contributed by atoms with van der Waals surface area (Å²) < 4.78 is 22.0. The summed E-state index contributed by atoms with van der Waals surface area (Å²) >= 11 is 0. The largest absolute Gasteiger partial charge is 0.370 e. The lowest BCUT2D eigenvalue weighted by atomic mass is 10.2. The second-order valence-electron chi connectivity index (χ2n) is 4.38. The summed E-state index contributed by atoms with van der Waals surface area (Å²) in [5, 5.41) is 0. The number of hydrogen-bond acceptors (Lipinski definition) is 3. The summed E-state index contributed by atoms with van der Waals surface area (Å²) in [5.74, 6) is 0.404. The summed E-state index contributed by atoms with van der Waals surface area (Å²) in [6.45, 7) is 8.99. The zero-order chi connectivity index (χ0) is 13.0. The van der Waals surface area contributed by atoms with Crippen LogP contribution in [0.25, 0.3) is 0 Å². The molecule has 0 saturated heterocycles. The lowest BCUT2D eigenvalue weighted by molar-refractivity contribution is 0.456. The minimum absolute atomic E-state index is 0. The smallest absolute Gasteiger partial charge is 0.191 e. The molecule has 0 radical (unpaired) electrons. The number of sulfone groups is 1. The van der Waals surface area contributed by atoms with E-state index in [-0.39, 0.29) is 30.5 Å². The van der Waals surface area contributed by atoms with Crippen LogP contribution in [-0.4, -0.2) is 49.9 Å². The maximum atomic E-state index is 11.5. The fraction of sp³-hybridized carbons (Fsp3) is 0.900. The highest BCUT2D eigenvalue weighted by Gasteiger charge is 2.29. The average Bonchev–Trinajstić information content (AvgIpc) is 2.15. The number of nitrogens with two attached hydrogens (primary N) is 1. The van der Waals surface area contributed by atoms with Gasteiger partial charge in [0.25, 0.3) is 0 Å². The first-order chi connectivity index (χ1) is 7.15. The third-order valence-electron chi connectivity index (χ3n) is 2.71. The summed E-state index contributed by atoms with van der Waals surface area (Å²) in [6.07, 6.45) is 1.22. The van der Waals surface area contributed by atoms with Crippen LogP contribution in [0.5, 0.6) is 0 Å². The van der Waals surface area contributed by atoms with Gasteiger partial charge in [0.15, 0.2) is 15.8 Å². The Morgan fingerprint density at radius 2 is 1.71 bits per heavy atom. The van der Waals surface area contributed by atoms with Crippen molar-refractivity contribution in [3.8, 4) is 0 Å². The molecule has 2 N–H and O–H groups in total. The molecule has 104 valence electrons. The average molecular weight is 377 g/mol. The lowest BCUT2D eigenvalue weighted by Gasteiger charge is -2.23. The molecule has 0 saturated carbocycles. The van der Waals surface area contributed by atoms with E-state index in [9.17, 15) is 8.42 Å². The third-order valence-corrected chi connectivity index (χ3v) is 4.85. The number of aliphatic imine (C=N–C) groups is 1. The Labute approximate surface area is 122 Å². The van der Waals surface area contributed by atoms with E-state index in [0.717, 1.165) is 13.1 Å². The molecule has 0 amide bonds. The number of hydrogen-bond donors (Lipinski definition) is 1. The van der Waals surface area contributed by atoms with Gasteiger partial charge in [0.05, 0.1) is 11.3 Å². The van der Waals surface area contributed by atoms with Gasteiger partial charge in [-0.25, -0.2) is 8.42 Å². The predicted molar refractivity (Wildman–Crippen MR) is 83.7 cm³/mol. The molecule has 17 heavy (non-hydrogen) atoms. The van der Waals surface area contributed by atoms with Gasteiger partial charge < -0.3 is 10.6 Å². The molecule has 0 aliphatic heterocycles. The van der Waals surface area contributed by atoms with Crippen molar-refractivity contribution >= 4 is 39.8 Å². The van der Waals surface area contributed by atoms with Crippen LogP contribution in [0, 0.1) is 0 Å². The maximum Gasteiger partial charge on any atom is 0.191 e. The first-order valence-corrected chi connectivity index (χ1v) is 7.29. The molecule has 0 unspecified atom stereocenters. The molecule has 0 aromatic heterocycles. The van der Waals surface area contributed by atoms with Gasteiger partial charge in [0, 0.05) is 19.3 Å². The van der Waals surface area contributed by atoms with Crippen LogP contribution in [0.1, 0.15) is 27.7 Å². The van der Waals surface area contributed by atoms with Crippen LogP contribution in [0.2, 0.25) is 0 Å². The van der Waals surface area contributed by atoms with Crippen molar-refractivity contribution in [3.63, 3.8) is 0 Å². The van der Waals surface area contributed by atoms with E-state index in [2.05, 4.69) is 4.99 Å².